The molecular weight excluding hydrogens is 745 g/mol. The molecule has 5 rings (SSSR count). The van der Waals surface area contributed by atoms with Crippen molar-refractivity contribution < 1.29 is 35.5 Å². The van der Waals surface area contributed by atoms with Crippen LogP contribution in [0, 0.1) is 56.3 Å². The van der Waals surface area contributed by atoms with Gasteiger partial charge in [-0.25, -0.2) is 0 Å². The van der Waals surface area contributed by atoms with Crippen LogP contribution in [-0.2, 0) is 25.0 Å². The number of primary amides is 1. The van der Waals surface area contributed by atoms with Crippen molar-refractivity contribution in [2.45, 2.75) is 37.5 Å². The minimum Gasteiger partial charge on any atom is -0.365 e. The molecule has 278 valence electrons. The number of nitrogens with two attached hydrogens (primary N) is 1. The zero-order chi connectivity index (χ0) is 40.4. The molecular formula is C39H33N6O8S2+. The second-order valence-corrected chi connectivity index (χ2v) is 15.4. The maximum atomic E-state index is 13.0. The highest BCUT2D eigenvalue weighted by atomic mass is 32.2. The molecule has 0 heterocycles. The van der Waals surface area contributed by atoms with Crippen molar-refractivity contribution >= 4 is 61.0 Å². The Balaban J connectivity index is 1.76. The minimum atomic E-state index is -5.18. The summed E-state index contributed by atoms with van der Waals surface area (Å²) in [6.45, 7) is 7.16. The Hall–Kier alpha value is -6.69. The number of nitrogens with zero attached hydrogens (tertiary/aromatic N) is 2. The number of hydrogen-bond acceptors (Lipinski definition) is 10. The predicted molar refractivity (Wildman–Crippen MR) is 206 cm³/mol. The maximum absolute atomic E-state index is 13.0. The molecule has 0 saturated heterocycles. The van der Waals surface area contributed by atoms with Gasteiger partial charge < -0.3 is 21.7 Å². The van der Waals surface area contributed by atoms with Gasteiger partial charge in [-0.3, -0.25) is 18.7 Å². The van der Waals surface area contributed by atoms with Gasteiger partial charge in [-0.2, -0.15) is 27.4 Å². The van der Waals surface area contributed by atoms with Gasteiger partial charge in [0.15, 0.2) is 0 Å². The van der Waals surface area contributed by atoms with E-state index in [9.17, 15) is 46.1 Å². The van der Waals surface area contributed by atoms with Crippen LogP contribution in [0.25, 0.3) is 0 Å². The second kappa shape index (κ2) is 15.3. The maximum Gasteiger partial charge on any atom is 0.315 e. The van der Waals surface area contributed by atoms with Crippen LogP contribution in [0.1, 0.15) is 60.4 Å². The monoisotopic (exact) mass is 777 g/mol. The lowest BCUT2D eigenvalue weighted by Crippen LogP contribution is -2.17. The van der Waals surface area contributed by atoms with Crippen molar-refractivity contribution in [3.8, 4) is 12.1 Å². The molecule has 0 aliphatic rings. The molecule has 7 N–H and O–H groups in total. The van der Waals surface area contributed by atoms with Gasteiger partial charge >= 0.3 is 10.1 Å². The number of anilines is 5. The third-order valence-corrected chi connectivity index (χ3v) is 10.5. The molecule has 0 aromatic heterocycles. The van der Waals surface area contributed by atoms with E-state index in [2.05, 4.69) is 28.1 Å². The quantitative estimate of drug-likeness (QED) is 0.0352. The summed E-state index contributed by atoms with van der Waals surface area (Å²) >= 11 is 0. The van der Waals surface area contributed by atoms with Crippen molar-refractivity contribution in [1.82, 2.24) is 0 Å². The highest BCUT2D eigenvalue weighted by Gasteiger charge is 2.33. The second-order valence-electron chi connectivity index (χ2n) is 12.6. The number of nitrogens with one attached hydrogen (secondary N) is 3. The average Bonchev–Trinajstić information content (AvgIpc) is 3.11. The first-order valence-corrected chi connectivity index (χ1v) is 19.1. The fraction of sp³-hybridized carbons (Fsp3) is 0.103. The lowest BCUT2D eigenvalue weighted by atomic mass is 9.83. The molecule has 0 fully saturated rings. The van der Waals surface area contributed by atoms with Gasteiger partial charge in [0, 0.05) is 29.6 Å². The van der Waals surface area contributed by atoms with Crippen molar-refractivity contribution in [2.24, 2.45) is 5.73 Å². The van der Waals surface area contributed by atoms with Crippen LogP contribution in [0.5, 0.6) is 0 Å². The summed E-state index contributed by atoms with van der Waals surface area (Å²) < 4.78 is 69.9. The third-order valence-electron chi connectivity index (χ3n) is 8.74. The molecule has 0 atom stereocenters. The highest BCUT2D eigenvalue weighted by molar-refractivity contribution is 7.86. The molecule has 0 bridgehead atoms. The van der Waals surface area contributed by atoms with Crippen LogP contribution in [0.15, 0.2) is 88.7 Å². The van der Waals surface area contributed by atoms with Gasteiger partial charge in [0.1, 0.15) is 9.79 Å². The molecule has 0 radical (unpaired) electrons. The summed E-state index contributed by atoms with van der Waals surface area (Å²) in [7, 11) is -10.1. The molecule has 16 heteroatoms. The Morgan fingerprint density at radius 1 is 0.691 bits per heavy atom. The lowest BCUT2D eigenvalue weighted by Gasteiger charge is -2.20. The van der Waals surface area contributed by atoms with Gasteiger partial charge in [-0.05, 0) is 111 Å². The van der Waals surface area contributed by atoms with E-state index in [0.29, 0.717) is 51.8 Å². The van der Waals surface area contributed by atoms with Crippen molar-refractivity contribution in [3.63, 3.8) is 0 Å². The smallest absolute Gasteiger partial charge is 0.315 e. The van der Waals surface area contributed by atoms with E-state index >= 15 is 0 Å². The van der Waals surface area contributed by atoms with E-state index < -0.39 is 35.9 Å². The molecule has 55 heavy (non-hydrogen) atoms. The largest absolute Gasteiger partial charge is 0.365 e. The lowest BCUT2D eigenvalue weighted by molar-refractivity contribution is -0.105. The molecule has 0 aliphatic carbocycles. The highest BCUT2D eigenvalue weighted by Crippen LogP contribution is 2.41. The summed E-state index contributed by atoms with van der Waals surface area (Å²) in [5.41, 5.74) is 11.9. The van der Waals surface area contributed by atoms with Crippen LogP contribution >= 0.6 is 0 Å². The van der Waals surface area contributed by atoms with Gasteiger partial charge in [-0.1, -0.05) is 0 Å². The van der Waals surface area contributed by atoms with E-state index in [1.54, 1.807) is 64.1 Å². The number of amides is 2. The number of carbonyl (C=O) groups is 2. The number of rotatable bonds is 12. The van der Waals surface area contributed by atoms with Gasteiger partial charge in [-0.15, -0.1) is 0 Å². The topological polar surface area (TPSA) is 253 Å². The Morgan fingerprint density at radius 3 is 1.64 bits per heavy atom. The first kappa shape index (κ1) is 39.5. The number of aryl methyl sites for hydroxylation is 4. The number of carbonyl (C=O) groups excluding carboxylic acids is 2. The van der Waals surface area contributed by atoms with Crippen molar-refractivity contribution in [1.29, 1.82) is 10.5 Å². The summed E-state index contributed by atoms with van der Waals surface area (Å²) in [4.78, 5) is 23.2. The normalized spacial score (nSPS) is 11.2. The van der Waals surface area contributed by atoms with E-state index in [1.807, 2.05) is 0 Å². The first-order valence-electron chi connectivity index (χ1n) is 16.2. The van der Waals surface area contributed by atoms with Gasteiger partial charge in [0.25, 0.3) is 16.0 Å². The molecule has 0 spiro atoms. The van der Waals surface area contributed by atoms with E-state index in [4.69, 9.17) is 5.73 Å². The molecule has 5 aromatic rings. The zero-order valence-corrected chi connectivity index (χ0v) is 31.3. The zero-order valence-electron chi connectivity index (χ0n) is 29.7. The average molecular weight is 778 g/mol. The molecule has 0 aliphatic heterocycles. The molecule has 5 aromatic carbocycles. The van der Waals surface area contributed by atoms with Crippen molar-refractivity contribution in [3.05, 3.63) is 140 Å². The first-order chi connectivity index (χ1) is 25.9. The summed E-state index contributed by atoms with van der Waals surface area (Å²) in [6, 6.07) is 22.6. The summed E-state index contributed by atoms with van der Waals surface area (Å²) in [5, 5.41) is 27.9. The SMILES string of the molecule is Cc1cc(C#N)cc(C)c1Nc1ccc([C+](c2ccc(Nc3c(C)cc(C#N)cc3C)c(C(N)=O)c2)c2ccc(S(=O)(=O)O)cc2S(=O)(=O)O)cc1NC=O. The van der Waals surface area contributed by atoms with Crippen molar-refractivity contribution in [2.75, 3.05) is 16.0 Å². The molecule has 14 nitrogen and oxygen atoms in total. The summed E-state index contributed by atoms with van der Waals surface area (Å²) in [5.74, 6) is -0.832. The van der Waals surface area contributed by atoms with Crippen LogP contribution in [0.3, 0.4) is 0 Å². The Morgan fingerprint density at radius 2 is 1.18 bits per heavy atom. The van der Waals surface area contributed by atoms with Crippen LogP contribution in [-0.4, -0.2) is 38.3 Å². The Bertz CT molecular complexity index is 2670. The van der Waals surface area contributed by atoms with E-state index in [0.717, 1.165) is 23.3 Å². The van der Waals surface area contributed by atoms with Gasteiger partial charge in [0.2, 0.25) is 6.41 Å². The van der Waals surface area contributed by atoms with Crippen LogP contribution in [0.2, 0.25) is 0 Å². The fourth-order valence-corrected chi connectivity index (χ4v) is 7.59. The number of hydrogen-bond donors (Lipinski definition) is 6. The van der Waals surface area contributed by atoms with Crippen LogP contribution in [0.4, 0.5) is 28.4 Å². The molecule has 0 saturated carbocycles. The third kappa shape index (κ3) is 8.43. The Kier molecular flexibility index (Phi) is 11.0. The molecule has 2 amide bonds. The Labute approximate surface area is 317 Å². The summed E-state index contributed by atoms with van der Waals surface area (Å²) in [6.07, 6.45) is 0.422. The predicted octanol–water partition coefficient (Wildman–Crippen LogP) is 6.33. The minimum absolute atomic E-state index is 0.0422. The molecule has 0 unspecified atom stereocenters. The van der Waals surface area contributed by atoms with Gasteiger partial charge in [0.05, 0.1) is 68.5 Å². The standard InChI is InChI=1S/C39H32N6O8S2/c1-21-11-25(18-40)12-22(2)37(21)44-32-9-5-27(15-31(32)39(42)47)36(30-8-7-29(54(48,49)50)17-35(30)55(51,52)53)28-6-10-33(34(16-28)43-20-46)45-38-23(3)13-26(19-41)14-24(38)4/h5-17,20,45H,1-4H3,(H5-,42,43,44,46,47,48,49,50,51,52,53)/p+1. The van der Waals surface area contributed by atoms with Crippen LogP contribution < -0.4 is 21.7 Å². The van der Waals surface area contributed by atoms with E-state index in [-0.39, 0.29) is 39.5 Å². The number of nitriles is 2. The van der Waals surface area contributed by atoms with E-state index in [1.165, 1.54) is 24.3 Å². The fourth-order valence-electron chi connectivity index (χ4n) is 6.28. The number of benzene rings is 5.